The van der Waals surface area contributed by atoms with Gasteiger partial charge >= 0.3 is 0 Å². The van der Waals surface area contributed by atoms with Crippen molar-refractivity contribution in [2.75, 3.05) is 11.1 Å². The Morgan fingerprint density at radius 1 is 1.40 bits per heavy atom. The fourth-order valence-corrected chi connectivity index (χ4v) is 1.23. The zero-order chi connectivity index (χ0) is 10.8. The van der Waals surface area contributed by atoms with Crippen molar-refractivity contribution in [3.05, 3.63) is 23.8 Å². The maximum atomic E-state index is 5.82. The zero-order valence-corrected chi connectivity index (χ0v) is 8.60. The Balaban J connectivity index is 2.32. The van der Waals surface area contributed by atoms with Gasteiger partial charge in [0.15, 0.2) is 0 Å². The van der Waals surface area contributed by atoms with Crippen molar-refractivity contribution in [1.29, 1.82) is 0 Å². The minimum atomic E-state index is 0.562. The van der Waals surface area contributed by atoms with E-state index in [1.54, 1.807) is 11.7 Å². The van der Waals surface area contributed by atoms with E-state index in [9.17, 15) is 0 Å². The summed E-state index contributed by atoms with van der Waals surface area (Å²) in [6.07, 6.45) is 0. The number of benzene rings is 1. The van der Waals surface area contributed by atoms with E-state index < -0.39 is 0 Å². The van der Waals surface area contributed by atoms with Crippen molar-refractivity contribution in [2.45, 2.75) is 6.92 Å². The number of nitrogens with one attached hydrogen (secondary N) is 1. The highest BCUT2D eigenvalue weighted by Crippen LogP contribution is 2.22. The van der Waals surface area contributed by atoms with Gasteiger partial charge in [-0.3, -0.25) is 0 Å². The van der Waals surface area contributed by atoms with Gasteiger partial charge in [-0.25, -0.2) is 4.68 Å². The van der Waals surface area contributed by atoms with E-state index in [1.165, 1.54) is 0 Å². The molecule has 2 rings (SSSR count). The zero-order valence-electron chi connectivity index (χ0n) is 8.60. The van der Waals surface area contributed by atoms with Crippen LogP contribution in [0.5, 0.6) is 0 Å². The molecule has 0 unspecified atom stereocenters. The molecule has 0 aliphatic rings. The van der Waals surface area contributed by atoms with Crippen LogP contribution >= 0.6 is 0 Å². The lowest BCUT2D eigenvalue weighted by molar-refractivity contribution is 0.715. The van der Waals surface area contributed by atoms with Crippen molar-refractivity contribution in [1.82, 2.24) is 20.2 Å². The fourth-order valence-electron chi connectivity index (χ4n) is 1.23. The number of aromatic nitrogens is 4. The van der Waals surface area contributed by atoms with Crippen LogP contribution in [0, 0.1) is 6.92 Å². The third-order valence-corrected chi connectivity index (χ3v) is 2.08. The van der Waals surface area contributed by atoms with Gasteiger partial charge in [-0.15, -0.1) is 0 Å². The molecular formula is C9H12N6. The largest absolute Gasteiger partial charge is 0.397 e. The maximum Gasteiger partial charge on any atom is 0.247 e. The molecule has 1 aromatic heterocycles. The molecule has 6 nitrogen and oxygen atoms in total. The number of hydrogen-bond acceptors (Lipinski definition) is 5. The van der Waals surface area contributed by atoms with Gasteiger partial charge < -0.3 is 11.1 Å². The number of nitrogen functional groups attached to an aromatic ring is 1. The van der Waals surface area contributed by atoms with Crippen LogP contribution in [-0.4, -0.2) is 20.2 Å². The monoisotopic (exact) mass is 204 g/mol. The van der Waals surface area contributed by atoms with Gasteiger partial charge in [-0.2, -0.15) is 0 Å². The third-order valence-electron chi connectivity index (χ3n) is 2.08. The number of nitrogens with zero attached hydrogens (tertiary/aromatic N) is 4. The SMILES string of the molecule is Cc1ccc(N)c(Nc2nnnn2C)c1. The van der Waals surface area contributed by atoms with Gasteiger partial charge in [0.1, 0.15) is 0 Å². The number of tetrazole rings is 1. The summed E-state index contributed by atoms with van der Waals surface area (Å²) in [5, 5.41) is 14.1. The minimum Gasteiger partial charge on any atom is -0.397 e. The summed E-state index contributed by atoms with van der Waals surface area (Å²) < 4.78 is 1.54. The Bertz CT molecular complexity index is 475. The Labute approximate surface area is 87.1 Å². The molecular weight excluding hydrogens is 192 g/mol. The van der Waals surface area contributed by atoms with Crippen LogP contribution in [0.4, 0.5) is 17.3 Å². The topological polar surface area (TPSA) is 81.7 Å². The number of aryl methyl sites for hydroxylation is 2. The second kappa shape index (κ2) is 3.56. The van der Waals surface area contributed by atoms with Gasteiger partial charge in [-0.1, -0.05) is 11.2 Å². The van der Waals surface area contributed by atoms with Gasteiger partial charge in [0.25, 0.3) is 0 Å². The predicted octanol–water partition coefficient (Wildman–Crippen LogP) is 0.844. The molecule has 0 aliphatic carbocycles. The third kappa shape index (κ3) is 1.88. The van der Waals surface area contributed by atoms with E-state index in [4.69, 9.17) is 5.73 Å². The summed E-state index contributed by atoms with van der Waals surface area (Å²) in [7, 11) is 1.76. The summed E-state index contributed by atoms with van der Waals surface area (Å²) in [6.45, 7) is 2.00. The lowest BCUT2D eigenvalue weighted by atomic mass is 10.2. The standard InChI is InChI=1S/C9H12N6/c1-6-3-4-7(10)8(5-6)11-9-12-13-14-15(9)2/h3-5H,10H2,1-2H3,(H,11,12,14). The van der Waals surface area contributed by atoms with Gasteiger partial charge in [0.05, 0.1) is 11.4 Å². The molecule has 0 amide bonds. The lowest BCUT2D eigenvalue weighted by Gasteiger charge is -2.07. The normalized spacial score (nSPS) is 10.3. The Morgan fingerprint density at radius 3 is 2.87 bits per heavy atom. The predicted molar refractivity (Wildman–Crippen MR) is 57.7 cm³/mol. The number of hydrogen-bond donors (Lipinski definition) is 2. The van der Waals surface area contributed by atoms with E-state index in [1.807, 2.05) is 25.1 Å². The molecule has 0 saturated carbocycles. The van der Waals surface area contributed by atoms with Gasteiger partial charge in [0, 0.05) is 7.05 Å². The molecule has 0 atom stereocenters. The van der Waals surface area contributed by atoms with E-state index in [2.05, 4.69) is 20.8 Å². The molecule has 0 spiro atoms. The molecule has 6 heteroatoms. The van der Waals surface area contributed by atoms with E-state index >= 15 is 0 Å². The Hall–Kier alpha value is -2.11. The minimum absolute atomic E-state index is 0.562. The van der Waals surface area contributed by atoms with Crippen molar-refractivity contribution >= 4 is 17.3 Å². The van der Waals surface area contributed by atoms with Gasteiger partial charge in [0.2, 0.25) is 5.95 Å². The summed E-state index contributed by atoms with van der Waals surface area (Å²) in [5.41, 5.74) is 8.43. The van der Waals surface area contributed by atoms with Crippen LogP contribution < -0.4 is 11.1 Å². The molecule has 0 aliphatic heterocycles. The molecule has 15 heavy (non-hydrogen) atoms. The highest BCUT2D eigenvalue weighted by molar-refractivity contribution is 5.70. The first kappa shape index (κ1) is 9.45. The molecule has 0 saturated heterocycles. The molecule has 0 bridgehead atoms. The fraction of sp³-hybridized carbons (Fsp3) is 0.222. The number of anilines is 3. The van der Waals surface area contributed by atoms with Gasteiger partial charge in [-0.05, 0) is 35.0 Å². The second-order valence-corrected chi connectivity index (χ2v) is 3.34. The Morgan fingerprint density at radius 2 is 2.20 bits per heavy atom. The number of nitrogens with two attached hydrogens (primary N) is 1. The van der Waals surface area contributed by atoms with Crippen LogP contribution in [0.25, 0.3) is 0 Å². The van der Waals surface area contributed by atoms with Crippen molar-refractivity contribution in [3.8, 4) is 0 Å². The first-order chi connectivity index (χ1) is 7.16. The molecule has 78 valence electrons. The summed E-state index contributed by atoms with van der Waals surface area (Å²) in [6, 6.07) is 5.75. The smallest absolute Gasteiger partial charge is 0.247 e. The quantitative estimate of drug-likeness (QED) is 0.708. The lowest BCUT2D eigenvalue weighted by Crippen LogP contribution is -2.02. The summed E-state index contributed by atoms with van der Waals surface area (Å²) in [4.78, 5) is 0. The first-order valence-corrected chi connectivity index (χ1v) is 4.52. The maximum absolute atomic E-state index is 5.82. The summed E-state index contributed by atoms with van der Waals surface area (Å²) in [5.74, 6) is 0.562. The molecule has 1 aromatic carbocycles. The molecule has 0 radical (unpaired) electrons. The van der Waals surface area contributed by atoms with Crippen molar-refractivity contribution in [2.24, 2.45) is 7.05 Å². The number of rotatable bonds is 2. The van der Waals surface area contributed by atoms with Crippen LogP contribution in [0.2, 0.25) is 0 Å². The van der Waals surface area contributed by atoms with Crippen LogP contribution in [0.1, 0.15) is 5.56 Å². The molecule has 0 fully saturated rings. The second-order valence-electron chi connectivity index (χ2n) is 3.34. The van der Waals surface area contributed by atoms with Crippen LogP contribution in [0.3, 0.4) is 0 Å². The average molecular weight is 204 g/mol. The van der Waals surface area contributed by atoms with E-state index in [0.717, 1.165) is 11.3 Å². The average Bonchev–Trinajstić information content (AvgIpc) is 2.58. The van der Waals surface area contributed by atoms with Crippen molar-refractivity contribution < 1.29 is 0 Å². The first-order valence-electron chi connectivity index (χ1n) is 4.52. The Kier molecular flexibility index (Phi) is 2.24. The summed E-state index contributed by atoms with van der Waals surface area (Å²) >= 11 is 0. The highest BCUT2D eigenvalue weighted by Gasteiger charge is 2.04. The van der Waals surface area contributed by atoms with Crippen LogP contribution in [-0.2, 0) is 7.05 Å². The van der Waals surface area contributed by atoms with Crippen molar-refractivity contribution in [3.63, 3.8) is 0 Å². The van der Waals surface area contributed by atoms with Crippen LogP contribution in [0.15, 0.2) is 18.2 Å². The highest BCUT2D eigenvalue weighted by atomic mass is 15.6. The molecule has 1 heterocycles. The molecule has 3 N–H and O–H groups in total. The van der Waals surface area contributed by atoms with E-state index in [-0.39, 0.29) is 0 Å². The molecule has 2 aromatic rings. The van der Waals surface area contributed by atoms with E-state index in [0.29, 0.717) is 11.6 Å².